The number of hydrogen-bond acceptors (Lipinski definition) is 7. The quantitative estimate of drug-likeness (QED) is 0.338. The number of carbonyl (C=O) groups is 1. The topological polar surface area (TPSA) is 125 Å². The minimum atomic E-state index is -0.897. The van der Waals surface area contributed by atoms with Crippen molar-refractivity contribution in [3.05, 3.63) is 99.4 Å². The van der Waals surface area contributed by atoms with E-state index in [1.165, 1.54) is 32.5 Å². The maximum Gasteiger partial charge on any atom is 0.254 e. The minimum absolute atomic E-state index is 0.210. The average molecular weight is 536 g/mol. The van der Waals surface area contributed by atoms with Crippen molar-refractivity contribution in [1.29, 1.82) is 0 Å². The van der Waals surface area contributed by atoms with E-state index in [-0.39, 0.29) is 17.4 Å². The van der Waals surface area contributed by atoms with Gasteiger partial charge in [0.1, 0.15) is 6.04 Å². The fourth-order valence-corrected chi connectivity index (χ4v) is 4.13. The monoisotopic (exact) mass is 535 g/mol. The number of anilines is 1. The number of amides is 1. The van der Waals surface area contributed by atoms with Gasteiger partial charge in [-0.05, 0) is 23.8 Å². The molecule has 5 aromatic rings. The van der Waals surface area contributed by atoms with Crippen LogP contribution in [-0.4, -0.2) is 45.4 Å². The SMILES string of the molecule is Cn1cc(NC(=O)C(Cc2ccccc2)n2cnc(-c3cc(Cl)ccc3-n3cc(Cl)nn3)cc2=O)nn1. The Kier molecular flexibility index (Phi) is 6.80. The molecule has 3 aromatic heterocycles. The number of carbonyl (C=O) groups excluding carboxylic acids is 1. The summed E-state index contributed by atoms with van der Waals surface area (Å²) in [6.45, 7) is 0. The predicted octanol–water partition coefficient (Wildman–Crippen LogP) is 3.35. The standard InChI is InChI=1S/C24H19Cl2N9O2/c1-33-13-22(30-31-33)28-24(37)20(9-15-5-3-2-4-6-15)34-14-27-18(11-23(34)36)17-10-16(25)7-8-19(17)35-12-21(26)29-32-35/h2-8,10-14,20H,9H2,1H3,(H,28,37). The molecule has 0 spiro atoms. The summed E-state index contributed by atoms with van der Waals surface area (Å²) < 4.78 is 4.22. The van der Waals surface area contributed by atoms with Crippen LogP contribution in [0.25, 0.3) is 16.9 Å². The number of hydrogen-bond donors (Lipinski definition) is 1. The molecule has 1 unspecified atom stereocenters. The first-order valence-electron chi connectivity index (χ1n) is 11.0. The van der Waals surface area contributed by atoms with Crippen LogP contribution in [0, 0.1) is 0 Å². The molecular weight excluding hydrogens is 517 g/mol. The Morgan fingerprint density at radius 3 is 2.51 bits per heavy atom. The summed E-state index contributed by atoms with van der Waals surface area (Å²) in [4.78, 5) is 31.2. The lowest BCUT2D eigenvalue weighted by Crippen LogP contribution is -2.34. The molecule has 0 bridgehead atoms. The Bertz CT molecular complexity index is 1630. The largest absolute Gasteiger partial charge is 0.306 e. The Balaban J connectivity index is 1.53. The summed E-state index contributed by atoms with van der Waals surface area (Å²) in [5.41, 5.74) is 1.91. The van der Waals surface area contributed by atoms with Gasteiger partial charge in [-0.25, -0.2) is 9.67 Å². The van der Waals surface area contributed by atoms with Crippen LogP contribution in [0.2, 0.25) is 10.2 Å². The van der Waals surface area contributed by atoms with Gasteiger partial charge in [-0.2, -0.15) is 0 Å². The normalized spacial score (nSPS) is 11.9. The van der Waals surface area contributed by atoms with Gasteiger partial charge < -0.3 is 5.32 Å². The highest BCUT2D eigenvalue weighted by atomic mass is 35.5. The number of nitrogens with zero attached hydrogens (tertiary/aromatic N) is 8. The molecule has 0 saturated heterocycles. The third-order valence-electron chi connectivity index (χ3n) is 5.55. The molecule has 5 rings (SSSR count). The molecule has 2 aromatic carbocycles. The van der Waals surface area contributed by atoms with Crippen LogP contribution < -0.4 is 10.9 Å². The number of halogens is 2. The van der Waals surface area contributed by atoms with Crippen LogP contribution in [0.15, 0.2) is 78.1 Å². The smallest absolute Gasteiger partial charge is 0.254 e. The van der Waals surface area contributed by atoms with Crippen molar-refractivity contribution in [2.75, 3.05) is 5.32 Å². The van der Waals surface area contributed by atoms with Gasteiger partial charge in [-0.15, -0.1) is 10.2 Å². The molecule has 1 atom stereocenters. The molecular formula is C24H19Cl2N9O2. The number of rotatable bonds is 7. The summed E-state index contributed by atoms with van der Waals surface area (Å²) in [7, 11) is 1.69. The molecule has 0 fully saturated rings. The van der Waals surface area contributed by atoms with Crippen LogP contribution in [0.5, 0.6) is 0 Å². The molecule has 186 valence electrons. The van der Waals surface area contributed by atoms with E-state index in [2.05, 4.69) is 30.9 Å². The number of nitrogens with one attached hydrogen (secondary N) is 1. The van der Waals surface area contributed by atoms with Crippen LogP contribution in [-0.2, 0) is 18.3 Å². The van der Waals surface area contributed by atoms with E-state index in [4.69, 9.17) is 23.2 Å². The summed E-state index contributed by atoms with van der Waals surface area (Å²) >= 11 is 12.2. The zero-order chi connectivity index (χ0) is 25.9. The molecule has 11 nitrogen and oxygen atoms in total. The molecule has 0 aliphatic carbocycles. The fourth-order valence-electron chi connectivity index (χ4n) is 3.83. The van der Waals surface area contributed by atoms with Crippen LogP contribution in [0.4, 0.5) is 5.82 Å². The Morgan fingerprint density at radius 2 is 1.84 bits per heavy atom. The van der Waals surface area contributed by atoms with E-state index in [1.807, 2.05) is 30.3 Å². The Morgan fingerprint density at radius 1 is 1.03 bits per heavy atom. The highest BCUT2D eigenvalue weighted by Gasteiger charge is 2.24. The fraction of sp³-hybridized carbons (Fsp3) is 0.125. The molecule has 1 amide bonds. The van der Waals surface area contributed by atoms with E-state index in [0.29, 0.717) is 22.0 Å². The second kappa shape index (κ2) is 10.3. The number of aryl methyl sites for hydroxylation is 1. The Hall–Kier alpha value is -4.35. The summed E-state index contributed by atoms with van der Waals surface area (Å²) in [6.07, 6.45) is 4.70. The minimum Gasteiger partial charge on any atom is -0.306 e. The highest BCUT2D eigenvalue weighted by Crippen LogP contribution is 2.28. The van der Waals surface area contributed by atoms with Crippen molar-refractivity contribution in [2.24, 2.45) is 7.05 Å². The lowest BCUT2D eigenvalue weighted by Gasteiger charge is -2.19. The van der Waals surface area contributed by atoms with E-state index < -0.39 is 17.5 Å². The first kappa shape index (κ1) is 24.3. The van der Waals surface area contributed by atoms with E-state index in [0.717, 1.165) is 5.56 Å². The molecule has 0 aliphatic heterocycles. The highest BCUT2D eigenvalue weighted by molar-refractivity contribution is 6.31. The van der Waals surface area contributed by atoms with E-state index in [1.54, 1.807) is 31.4 Å². The average Bonchev–Trinajstić information content (AvgIpc) is 3.50. The van der Waals surface area contributed by atoms with Crippen molar-refractivity contribution in [2.45, 2.75) is 12.5 Å². The second-order valence-corrected chi connectivity index (χ2v) is 8.96. The molecule has 37 heavy (non-hydrogen) atoms. The van der Waals surface area contributed by atoms with Crippen molar-refractivity contribution in [3.8, 4) is 16.9 Å². The van der Waals surface area contributed by atoms with Crippen molar-refractivity contribution in [1.82, 2.24) is 39.5 Å². The van der Waals surface area contributed by atoms with Crippen LogP contribution >= 0.6 is 23.2 Å². The van der Waals surface area contributed by atoms with Crippen LogP contribution in [0.1, 0.15) is 11.6 Å². The van der Waals surface area contributed by atoms with Gasteiger partial charge in [0.2, 0.25) is 5.91 Å². The second-order valence-electron chi connectivity index (χ2n) is 8.14. The van der Waals surface area contributed by atoms with Gasteiger partial charge in [-0.1, -0.05) is 64.0 Å². The molecule has 0 radical (unpaired) electrons. The number of aromatic nitrogens is 8. The van der Waals surface area contributed by atoms with Gasteiger partial charge >= 0.3 is 0 Å². The van der Waals surface area contributed by atoms with Gasteiger partial charge in [0, 0.05) is 30.1 Å². The predicted molar refractivity (Wildman–Crippen MR) is 138 cm³/mol. The van der Waals surface area contributed by atoms with Crippen molar-refractivity contribution in [3.63, 3.8) is 0 Å². The Labute approximate surface area is 220 Å². The third-order valence-corrected chi connectivity index (χ3v) is 5.96. The summed E-state index contributed by atoms with van der Waals surface area (Å²) in [5.74, 6) is -0.153. The molecule has 3 heterocycles. The zero-order valence-corrected chi connectivity index (χ0v) is 20.9. The summed E-state index contributed by atoms with van der Waals surface area (Å²) in [6, 6.07) is 14.9. The summed E-state index contributed by atoms with van der Waals surface area (Å²) in [5, 5.41) is 18.9. The first-order valence-corrected chi connectivity index (χ1v) is 11.8. The molecule has 0 aliphatic rings. The van der Waals surface area contributed by atoms with Gasteiger partial charge in [-0.3, -0.25) is 18.8 Å². The third kappa shape index (κ3) is 5.42. The van der Waals surface area contributed by atoms with Crippen molar-refractivity contribution >= 4 is 34.9 Å². The lowest BCUT2D eigenvalue weighted by molar-refractivity contribution is -0.119. The zero-order valence-electron chi connectivity index (χ0n) is 19.4. The lowest BCUT2D eigenvalue weighted by atomic mass is 10.0. The molecule has 0 saturated carbocycles. The molecule has 1 N–H and O–H groups in total. The molecule has 13 heteroatoms. The van der Waals surface area contributed by atoms with Gasteiger partial charge in [0.05, 0.1) is 30.1 Å². The maximum absolute atomic E-state index is 13.4. The van der Waals surface area contributed by atoms with E-state index in [9.17, 15) is 9.59 Å². The maximum atomic E-state index is 13.4. The van der Waals surface area contributed by atoms with Crippen molar-refractivity contribution < 1.29 is 4.79 Å². The van der Waals surface area contributed by atoms with Crippen LogP contribution in [0.3, 0.4) is 0 Å². The first-order chi connectivity index (χ1) is 17.9. The van der Waals surface area contributed by atoms with Gasteiger partial charge in [0.25, 0.3) is 5.56 Å². The van der Waals surface area contributed by atoms with E-state index >= 15 is 0 Å². The van der Waals surface area contributed by atoms with Gasteiger partial charge in [0.15, 0.2) is 11.0 Å². The number of benzene rings is 2.